The number of ether oxygens (including phenoxy) is 2. The van der Waals surface area contributed by atoms with Crippen molar-refractivity contribution in [3.8, 4) is 11.5 Å². The van der Waals surface area contributed by atoms with Crippen LogP contribution in [0.2, 0.25) is 0 Å². The van der Waals surface area contributed by atoms with E-state index in [0.717, 1.165) is 42.2 Å². The monoisotopic (exact) mass is 290 g/mol. The van der Waals surface area contributed by atoms with E-state index in [1.807, 2.05) is 18.2 Å². The van der Waals surface area contributed by atoms with Gasteiger partial charge in [0.2, 0.25) is 0 Å². The van der Waals surface area contributed by atoms with Gasteiger partial charge in [-0.15, -0.1) is 0 Å². The quantitative estimate of drug-likeness (QED) is 0.905. The zero-order valence-electron chi connectivity index (χ0n) is 13.1. The molecule has 0 aromatic heterocycles. The van der Waals surface area contributed by atoms with E-state index in [0.29, 0.717) is 0 Å². The molecule has 1 aromatic rings. The number of hydrogen-bond donors (Lipinski definition) is 1. The van der Waals surface area contributed by atoms with Crippen LogP contribution in [0.25, 0.3) is 0 Å². The minimum absolute atomic E-state index is 0.164. The first kappa shape index (κ1) is 14.7. The number of rotatable bonds is 3. The Labute approximate surface area is 127 Å². The van der Waals surface area contributed by atoms with Crippen molar-refractivity contribution in [2.24, 2.45) is 5.92 Å². The minimum atomic E-state index is -0.414. The molecule has 1 saturated carbocycles. The standard InChI is InChI=1S/C18H26O3/c1-3-4-13-7-9-18(10-8-13)12-16(19)15-6-5-14(20-2)11-17(15)21-18/h5-6,11,13,16,19H,3-4,7-10,12H2,1-2H3/t13?,16-,18?/m0/s1. The fraction of sp³-hybridized carbons (Fsp3) is 0.667. The zero-order chi connectivity index (χ0) is 14.9. The fourth-order valence-electron chi connectivity index (χ4n) is 3.95. The van der Waals surface area contributed by atoms with Crippen molar-refractivity contribution in [3.63, 3.8) is 0 Å². The number of aliphatic hydroxyl groups is 1. The van der Waals surface area contributed by atoms with Crippen LogP contribution in [-0.4, -0.2) is 17.8 Å². The second-order valence-electron chi connectivity index (χ2n) is 6.64. The summed E-state index contributed by atoms with van der Waals surface area (Å²) in [4.78, 5) is 0. The van der Waals surface area contributed by atoms with Gasteiger partial charge in [-0.2, -0.15) is 0 Å². The predicted octanol–water partition coefficient (Wildman–Crippen LogP) is 4.24. The average Bonchev–Trinajstić information content (AvgIpc) is 2.49. The Morgan fingerprint density at radius 3 is 2.76 bits per heavy atom. The number of hydrogen-bond acceptors (Lipinski definition) is 3. The van der Waals surface area contributed by atoms with Crippen LogP contribution in [0.1, 0.15) is 63.5 Å². The number of methoxy groups -OCH3 is 1. The van der Waals surface area contributed by atoms with Gasteiger partial charge in [0.1, 0.15) is 17.1 Å². The summed E-state index contributed by atoms with van der Waals surface area (Å²) >= 11 is 0. The first-order valence-electron chi connectivity index (χ1n) is 8.21. The zero-order valence-corrected chi connectivity index (χ0v) is 13.1. The van der Waals surface area contributed by atoms with Gasteiger partial charge < -0.3 is 14.6 Å². The second-order valence-corrected chi connectivity index (χ2v) is 6.64. The Morgan fingerprint density at radius 1 is 1.33 bits per heavy atom. The molecule has 116 valence electrons. The lowest BCUT2D eigenvalue weighted by molar-refractivity contribution is -0.0475. The van der Waals surface area contributed by atoms with E-state index in [4.69, 9.17) is 9.47 Å². The molecule has 0 amide bonds. The van der Waals surface area contributed by atoms with E-state index in [9.17, 15) is 5.11 Å². The third-order valence-electron chi connectivity index (χ3n) is 5.18. The average molecular weight is 290 g/mol. The minimum Gasteiger partial charge on any atom is -0.497 e. The molecular formula is C18H26O3. The van der Waals surface area contributed by atoms with Crippen molar-refractivity contribution in [2.75, 3.05) is 7.11 Å². The third-order valence-corrected chi connectivity index (χ3v) is 5.18. The first-order chi connectivity index (χ1) is 10.2. The van der Waals surface area contributed by atoms with Crippen molar-refractivity contribution in [1.29, 1.82) is 0 Å². The van der Waals surface area contributed by atoms with Crippen LogP contribution in [0.3, 0.4) is 0 Å². The molecular weight excluding hydrogens is 264 g/mol. The molecule has 1 spiro atoms. The Balaban J connectivity index is 1.78. The van der Waals surface area contributed by atoms with Crippen LogP contribution in [0.5, 0.6) is 11.5 Å². The third kappa shape index (κ3) is 2.89. The van der Waals surface area contributed by atoms with Gasteiger partial charge in [0.05, 0.1) is 13.2 Å². The summed E-state index contributed by atoms with van der Waals surface area (Å²) in [5.74, 6) is 2.44. The van der Waals surface area contributed by atoms with E-state index in [1.54, 1.807) is 7.11 Å². The van der Waals surface area contributed by atoms with E-state index < -0.39 is 6.10 Å². The molecule has 3 heteroatoms. The summed E-state index contributed by atoms with van der Waals surface area (Å²) in [6.45, 7) is 2.26. The van der Waals surface area contributed by atoms with Crippen LogP contribution in [0.4, 0.5) is 0 Å². The smallest absolute Gasteiger partial charge is 0.129 e. The normalized spacial score (nSPS) is 31.6. The molecule has 0 bridgehead atoms. The Bertz CT molecular complexity index is 489. The highest BCUT2D eigenvalue weighted by atomic mass is 16.5. The maximum atomic E-state index is 10.5. The van der Waals surface area contributed by atoms with Gasteiger partial charge >= 0.3 is 0 Å². The summed E-state index contributed by atoms with van der Waals surface area (Å²) in [5, 5.41) is 10.5. The van der Waals surface area contributed by atoms with Gasteiger partial charge in [0.25, 0.3) is 0 Å². The lowest BCUT2D eigenvalue weighted by atomic mass is 9.73. The van der Waals surface area contributed by atoms with Crippen LogP contribution < -0.4 is 9.47 Å². The van der Waals surface area contributed by atoms with E-state index in [2.05, 4.69) is 6.92 Å². The molecule has 1 aromatic carbocycles. The van der Waals surface area contributed by atoms with Gasteiger partial charge in [-0.25, -0.2) is 0 Å². The lowest BCUT2D eigenvalue weighted by Crippen LogP contribution is -2.44. The van der Waals surface area contributed by atoms with Gasteiger partial charge in [-0.05, 0) is 43.7 Å². The molecule has 1 heterocycles. The van der Waals surface area contributed by atoms with Gasteiger partial charge in [0, 0.05) is 18.1 Å². The Kier molecular flexibility index (Phi) is 4.12. The molecule has 2 aliphatic rings. The van der Waals surface area contributed by atoms with Crippen LogP contribution in [0, 0.1) is 5.92 Å². The molecule has 1 atom stereocenters. The number of aliphatic hydroxyl groups excluding tert-OH is 1. The molecule has 0 radical (unpaired) electrons. The summed E-state index contributed by atoms with van der Waals surface area (Å²) < 4.78 is 11.6. The van der Waals surface area contributed by atoms with E-state index in [-0.39, 0.29) is 5.60 Å². The molecule has 1 fully saturated rings. The summed E-state index contributed by atoms with van der Waals surface area (Å²) in [7, 11) is 1.66. The largest absolute Gasteiger partial charge is 0.497 e. The van der Waals surface area contributed by atoms with Crippen LogP contribution in [0.15, 0.2) is 18.2 Å². The number of benzene rings is 1. The first-order valence-corrected chi connectivity index (χ1v) is 8.21. The van der Waals surface area contributed by atoms with Crippen molar-refractivity contribution in [2.45, 2.75) is 63.6 Å². The topological polar surface area (TPSA) is 38.7 Å². The van der Waals surface area contributed by atoms with Gasteiger partial charge in [0.15, 0.2) is 0 Å². The molecule has 1 aliphatic carbocycles. The molecule has 21 heavy (non-hydrogen) atoms. The fourth-order valence-corrected chi connectivity index (χ4v) is 3.95. The summed E-state index contributed by atoms with van der Waals surface area (Å²) in [5.41, 5.74) is 0.736. The highest BCUT2D eigenvalue weighted by molar-refractivity contribution is 5.44. The summed E-state index contributed by atoms with van der Waals surface area (Å²) in [6.07, 6.45) is 7.47. The second kappa shape index (κ2) is 5.88. The molecule has 3 nitrogen and oxygen atoms in total. The summed E-state index contributed by atoms with van der Waals surface area (Å²) in [6, 6.07) is 5.73. The van der Waals surface area contributed by atoms with Crippen LogP contribution in [-0.2, 0) is 0 Å². The SMILES string of the molecule is CCCC1CCC2(CC1)C[C@H](O)c1ccc(OC)cc1O2. The van der Waals surface area contributed by atoms with E-state index >= 15 is 0 Å². The highest BCUT2D eigenvalue weighted by Crippen LogP contribution is 2.48. The molecule has 0 unspecified atom stereocenters. The number of fused-ring (bicyclic) bond motifs is 1. The Hall–Kier alpha value is -1.22. The lowest BCUT2D eigenvalue weighted by Gasteiger charge is -2.45. The van der Waals surface area contributed by atoms with Crippen molar-refractivity contribution >= 4 is 0 Å². The van der Waals surface area contributed by atoms with Crippen LogP contribution >= 0.6 is 0 Å². The molecule has 0 saturated heterocycles. The molecule has 1 N–H and O–H groups in total. The van der Waals surface area contributed by atoms with Crippen molar-refractivity contribution < 1.29 is 14.6 Å². The van der Waals surface area contributed by atoms with Crippen molar-refractivity contribution in [1.82, 2.24) is 0 Å². The van der Waals surface area contributed by atoms with E-state index in [1.165, 1.54) is 25.7 Å². The van der Waals surface area contributed by atoms with Crippen molar-refractivity contribution in [3.05, 3.63) is 23.8 Å². The maximum Gasteiger partial charge on any atom is 0.129 e. The highest BCUT2D eigenvalue weighted by Gasteiger charge is 2.43. The predicted molar refractivity (Wildman–Crippen MR) is 82.8 cm³/mol. The van der Waals surface area contributed by atoms with Gasteiger partial charge in [-0.1, -0.05) is 19.8 Å². The maximum absolute atomic E-state index is 10.5. The molecule has 1 aliphatic heterocycles. The van der Waals surface area contributed by atoms with Gasteiger partial charge in [-0.3, -0.25) is 0 Å². The molecule has 3 rings (SSSR count). The Morgan fingerprint density at radius 2 is 2.10 bits per heavy atom.